The van der Waals surface area contributed by atoms with Crippen LogP contribution in [-0.2, 0) is 16.1 Å². The summed E-state index contributed by atoms with van der Waals surface area (Å²) in [7, 11) is 0. The van der Waals surface area contributed by atoms with E-state index < -0.39 is 24.0 Å². The van der Waals surface area contributed by atoms with E-state index in [1.165, 1.54) is 0 Å². The number of aliphatic hydroxyl groups is 1. The molecular formula is C16H25NO4. The average Bonchev–Trinajstić information content (AvgIpc) is 2.44. The van der Waals surface area contributed by atoms with Crippen LogP contribution in [0.2, 0.25) is 0 Å². The van der Waals surface area contributed by atoms with Crippen molar-refractivity contribution in [1.29, 1.82) is 0 Å². The number of hydrogen-bond donors (Lipinski definition) is 3. The molecule has 0 aliphatic carbocycles. The molecule has 5 nitrogen and oxygen atoms in total. The van der Waals surface area contributed by atoms with Crippen molar-refractivity contribution < 1.29 is 19.7 Å². The van der Waals surface area contributed by atoms with Gasteiger partial charge in [0.2, 0.25) is 0 Å². The Bertz CT molecular complexity index is 422. The van der Waals surface area contributed by atoms with Gasteiger partial charge in [-0.1, -0.05) is 44.2 Å². The zero-order valence-corrected chi connectivity index (χ0v) is 12.6. The molecule has 0 aliphatic heterocycles. The number of aliphatic hydroxyl groups excluding tert-OH is 1. The molecule has 1 rings (SSSR count). The molecule has 0 aliphatic rings. The Labute approximate surface area is 125 Å². The monoisotopic (exact) mass is 295 g/mol. The van der Waals surface area contributed by atoms with Gasteiger partial charge in [-0.05, 0) is 17.9 Å². The summed E-state index contributed by atoms with van der Waals surface area (Å²) in [5.74, 6) is -1.55. The Kier molecular flexibility index (Phi) is 7.36. The number of carbonyl (C=O) groups is 1. The second-order valence-electron chi connectivity index (χ2n) is 5.66. The van der Waals surface area contributed by atoms with Gasteiger partial charge in [0.1, 0.15) is 0 Å². The summed E-state index contributed by atoms with van der Waals surface area (Å²) >= 11 is 0. The van der Waals surface area contributed by atoms with Gasteiger partial charge in [-0.2, -0.15) is 0 Å². The van der Waals surface area contributed by atoms with Crippen LogP contribution in [0.4, 0.5) is 0 Å². The highest BCUT2D eigenvalue weighted by molar-refractivity contribution is 5.70. The van der Waals surface area contributed by atoms with Gasteiger partial charge in [-0.3, -0.25) is 4.79 Å². The van der Waals surface area contributed by atoms with Crippen molar-refractivity contribution in [2.24, 2.45) is 17.6 Å². The van der Waals surface area contributed by atoms with Crippen LogP contribution in [-0.4, -0.2) is 34.9 Å². The molecule has 21 heavy (non-hydrogen) atoms. The second kappa shape index (κ2) is 8.77. The van der Waals surface area contributed by atoms with Gasteiger partial charge < -0.3 is 20.7 Å². The molecule has 0 fully saturated rings. The number of aliphatic carboxylic acids is 1. The Morgan fingerprint density at radius 1 is 1.29 bits per heavy atom. The molecule has 0 aromatic heterocycles. The summed E-state index contributed by atoms with van der Waals surface area (Å²) < 4.78 is 5.47. The number of carboxylic acids is 1. The zero-order chi connectivity index (χ0) is 15.8. The molecule has 0 unspecified atom stereocenters. The van der Waals surface area contributed by atoms with Crippen LogP contribution in [0.3, 0.4) is 0 Å². The standard InChI is InChI=1S/C16H25NO4/c1-11(2)13(16(19)20)8-15(18)14(17)10-21-9-12-6-4-3-5-7-12/h3-7,11,13-15,18H,8-10,17H2,1-2H3,(H,19,20)/t13-,14-,15-/m0/s1. The number of nitrogens with two attached hydrogens (primary N) is 1. The van der Waals surface area contributed by atoms with Gasteiger partial charge in [-0.25, -0.2) is 0 Å². The summed E-state index contributed by atoms with van der Waals surface area (Å²) in [4.78, 5) is 11.1. The third kappa shape index (κ3) is 6.25. The number of carboxylic acid groups (broad SMARTS) is 1. The van der Waals surface area contributed by atoms with Crippen LogP contribution in [0.5, 0.6) is 0 Å². The lowest BCUT2D eigenvalue weighted by Gasteiger charge is -2.24. The summed E-state index contributed by atoms with van der Waals surface area (Å²) in [6, 6.07) is 9.08. The van der Waals surface area contributed by atoms with E-state index in [0.29, 0.717) is 6.61 Å². The first-order chi connectivity index (χ1) is 9.91. The van der Waals surface area contributed by atoms with E-state index in [9.17, 15) is 9.90 Å². The molecule has 1 aromatic carbocycles. The minimum atomic E-state index is -0.901. The molecular weight excluding hydrogens is 270 g/mol. The van der Waals surface area contributed by atoms with Gasteiger partial charge in [-0.15, -0.1) is 0 Å². The minimum absolute atomic E-state index is 0.0467. The SMILES string of the molecule is CC(C)[C@H](C[C@H](O)[C@@H](N)COCc1ccccc1)C(=O)O. The molecule has 4 N–H and O–H groups in total. The molecule has 0 saturated heterocycles. The molecule has 5 heteroatoms. The van der Waals surface area contributed by atoms with Crippen LogP contribution >= 0.6 is 0 Å². The maximum absolute atomic E-state index is 11.1. The van der Waals surface area contributed by atoms with Crippen LogP contribution in [0, 0.1) is 11.8 Å². The van der Waals surface area contributed by atoms with Crippen molar-refractivity contribution in [2.75, 3.05) is 6.61 Å². The van der Waals surface area contributed by atoms with E-state index in [1.54, 1.807) is 0 Å². The van der Waals surface area contributed by atoms with Crippen molar-refractivity contribution in [3.05, 3.63) is 35.9 Å². The Balaban J connectivity index is 2.36. The normalized spacial score (nSPS) is 15.7. The smallest absolute Gasteiger partial charge is 0.306 e. The molecule has 0 saturated carbocycles. The van der Waals surface area contributed by atoms with E-state index >= 15 is 0 Å². The highest BCUT2D eigenvalue weighted by atomic mass is 16.5. The summed E-state index contributed by atoms with van der Waals surface area (Å²) in [5.41, 5.74) is 6.89. The molecule has 1 aromatic rings. The zero-order valence-electron chi connectivity index (χ0n) is 12.6. The molecule has 3 atom stereocenters. The number of rotatable bonds is 9. The van der Waals surface area contributed by atoms with Crippen LogP contribution in [0.15, 0.2) is 30.3 Å². The number of ether oxygens (including phenoxy) is 1. The van der Waals surface area contributed by atoms with Crippen LogP contribution in [0.1, 0.15) is 25.8 Å². The third-order valence-electron chi connectivity index (χ3n) is 3.53. The van der Waals surface area contributed by atoms with Gasteiger partial charge in [0.15, 0.2) is 0 Å². The van der Waals surface area contributed by atoms with Crippen LogP contribution in [0.25, 0.3) is 0 Å². The van der Waals surface area contributed by atoms with Gasteiger partial charge in [0.25, 0.3) is 0 Å². The number of benzene rings is 1. The number of hydrogen-bond acceptors (Lipinski definition) is 4. The van der Waals surface area contributed by atoms with E-state index in [1.807, 2.05) is 44.2 Å². The first-order valence-electron chi connectivity index (χ1n) is 7.20. The quantitative estimate of drug-likeness (QED) is 0.644. The van der Waals surface area contributed by atoms with Crippen molar-refractivity contribution >= 4 is 5.97 Å². The molecule has 0 bridgehead atoms. The molecule has 118 valence electrons. The van der Waals surface area contributed by atoms with Crippen molar-refractivity contribution in [2.45, 2.75) is 39.0 Å². The lowest BCUT2D eigenvalue weighted by Crippen LogP contribution is -2.41. The van der Waals surface area contributed by atoms with Crippen molar-refractivity contribution in [3.8, 4) is 0 Å². The summed E-state index contributed by atoms with van der Waals surface area (Å²) in [5, 5.41) is 19.1. The molecule has 0 amide bonds. The summed E-state index contributed by atoms with van der Waals surface area (Å²) in [6.45, 7) is 4.26. The van der Waals surface area contributed by atoms with Gasteiger partial charge >= 0.3 is 5.97 Å². The Morgan fingerprint density at radius 3 is 2.43 bits per heavy atom. The maximum Gasteiger partial charge on any atom is 0.306 e. The third-order valence-corrected chi connectivity index (χ3v) is 3.53. The molecule has 0 heterocycles. The van der Waals surface area contributed by atoms with Crippen molar-refractivity contribution in [1.82, 2.24) is 0 Å². The topological polar surface area (TPSA) is 92.8 Å². The Hall–Kier alpha value is -1.43. The predicted octanol–water partition coefficient (Wildman–Crippen LogP) is 1.64. The fourth-order valence-electron chi connectivity index (χ4n) is 2.09. The first-order valence-corrected chi connectivity index (χ1v) is 7.20. The van der Waals surface area contributed by atoms with E-state index in [0.717, 1.165) is 5.56 Å². The predicted molar refractivity (Wildman–Crippen MR) is 80.7 cm³/mol. The van der Waals surface area contributed by atoms with Gasteiger partial charge in [0, 0.05) is 0 Å². The molecule has 0 spiro atoms. The lowest BCUT2D eigenvalue weighted by molar-refractivity contribution is -0.144. The lowest BCUT2D eigenvalue weighted by atomic mass is 9.88. The van der Waals surface area contributed by atoms with E-state index in [2.05, 4.69) is 0 Å². The average molecular weight is 295 g/mol. The second-order valence-corrected chi connectivity index (χ2v) is 5.66. The first kappa shape index (κ1) is 17.6. The highest BCUT2D eigenvalue weighted by Gasteiger charge is 2.27. The Morgan fingerprint density at radius 2 is 1.90 bits per heavy atom. The molecule has 0 radical (unpaired) electrons. The fraction of sp³-hybridized carbons (Fsp3) is 0.562. The highest BCUT2D eigenvalue weighted by Crippen LogP contribution is 2.18. The van der Waals surface area contributed by atoms with Crippen LogP contribution < -0.4 is 5.73 Å². The largest absolute Gasteiger partial charge is 0.481 e. The van der Waals surface area contributed by atoms with E-state index in [-0.39, 0.29) is 18.9 Å². The minimum Gasteiger partial charge on any atom is -0.481 e. The van der Waals surface area contributed by atoms with Gasteiger partial charge in [0.05, 0.1) is 31.3 Å². The van der Waals surface area contributed by atoms with E-state index in [4.69, 9.17) is 15.6 Å². The fourth-order valence-corrected chi connectivity index (χ4v) is 2.09. The maximum atomic E-state index is 11.1. The van der Waals surface area contributed by atoms with Crippen molar-refractivity contribution in [3.63, 3.8) is 0 Å². The summed E-state index contributed by atoms with van der Waals surface area (Å²) in [6.07, 6.45) is -0.743.